The third-order valence-electron chi connectivity index (χ3n) is 18.2. The van der Waals surface area contributed by atoms with Crippen LogP contribution in [0.5, 0.6) is 0 Å². The van der Waals surface area contributed by atoms with Gasteiger partial charge in [0.2, 0.25) is 11.4 Å². The molecule has 13 nitrogen and oxygen atoms in total. The summed E-state index contributed by atoms with van der Waals surface area (Å²) in [6.45, 7) is 34.9. The van der Waals surface area contributed by atoms with E-state index in [1.54, 1.807) is 26.2 Å². The van der Waals surface area contributed by atoms with Gasteiger partial charge in [0, 0.05) is 52.0 Å². The number of methoxy groups -OCH3 is 3. The number of ether oxygens (including phenoxy) is 6. The highest BCUT2D eigenvalue weighted by atomic mass is 28.4. The van der Waals surface area contributed by atoms with E-state index in [0.29, 0.717) is 51.5 Å². The van der Waals surface area contributed by atoms with Crippen LogP contribution in [0, 0.1) is 29.6 Å². The summed E-state index contributed by atoms with van der Waals surface area (Å²) in [6.07, 6.45) is 8.00. The quantitative estimate of drug-likeness (QED) is 0.0959. The second-order valence-corrected chi connectivity index (χ2v) is 35.2. The lowest BCUT2D eigenvalue weighted by atomic mass is 9.78. The Morgan fingerprint density at radius 2 is 1.39 bits per heavy atom. The maximum Gasteiger partial charge on any atom is 0.329 e. The van der Waals surface area contributed by atoms with E-state index in [9.17, 15) is 9.90 Å². The van der Waals surface area contributed by atoms with E-state index in [4.69, 9.17) is 37.3 Å². The van der Waals surface area contributed by atoms with E-state index in [-0.39, 0.29) is 58.8 Å². The van der Waals surface area contributed by atoms with Gasteiger partial charge in [-0.05, 0) is 132 Å². The van der Waals surface area contributed by atoms with Crippen molar-refractivity contribution in [1.82, 2.24) is 4.90 Å². The van der Waals surface area contributed by atoms with Crippen molar-refractivity contribution in [2.24, 2.45) is 29.6 Å². The summed E-state index contributed by atoms with van der Waals surface area (Å²) in [4.78, 5) is 46.9. The zero-order valence-corrected chi connectivity index (χ0v) is 49.7. The Hall–Kier alpha value is -1.80. The second-order valence-electron chi connectivity index (χ2n) is 25.6. The Kier molecular flexibility index (Phi) is 20.0. The van der Waals surface area contributed by atoms with Crippen molar-refractivity contribution < 1.29 is 56.8 Å². The van der Waals surface area contributed by atoms with Crippen molar-refractivity contribution in [2.45, 2.75) is 250 Å². The molecule has 1 N–H and O–H groups in total. The smallest absolute Gasteiger partial charge is 0.329 e. The highest BCUT2D eigenvalue weighted by molar-refractivity contribution is 6.74. The first-order chi connectivity index (χ1) is 32.9. The molecule has 0 aromatic heterocycles. The molecule has 0 radical (unpaired) electrons. The van der Waals surface area contributed by atoms with Crippen LogP contribution in [0.2, 0.25) is 36.3 Å². The minimum absolute atomic E-state index is 0.0140. The fraction of sp³-hybridized carbons (Fsp3) is 0.875. The van der Waals surface area contributed by atoms with Crippen LogP contribution in [0.1, 0.15) is 154 Å². The molecule has 1 spiro atoms. The van der Waals surface area contributed by atoms with Crippen molar-refractivity contribution >= 4 is 34.3 Å². The maximum atomic E-state index is 15.2. The first-order valence-corrected chi connectivity index (χ1v) is 33.1. The molecular weight excluding hydrogens is 935 g/mol. The Morgan fingerprint density at radius 1 is 0.817 bits per heavy atom. The van der Waals surface area contributed by atoms with Gasteiger partial charge in [-0.3, -0.25) is 9.59 Å². The number of Topliss-reactive ketones (excluding diaryl/α,β-unsaturated/α-hetero) is 1. The number of epoxide rings is 1. The van der Waals surface area contributed by atoms with Gasteiger partial charge in [-0.25, -0.2) is 4.79 Å². The number of hydrogen-bond acceptors (Lipinski definition) is 12. The molecule has 1 saturated carbocycles. The van der Waals surface area contributed by atoms with E-state index in [1.165, 1.54) is 0 Å². The average molecular weight is 1030 g/mol. The largest absolute Gasteiger partial charge is 0.456 e. The number of carbonyl (C=O) groups excluding carboxylic acids is 3. The van der Waals surface area contributed by atoms with Crippen LogP contribution in [0.25, 0.3) is 0 Å². The molecule has 0 aromatic carbocycles. The number of allylic oxidation sites excluding steroid dienone is 3. The van der Waals surface area contributed by atoms with Gasteiger partial charge in [-0.15, -0.1) is 0 Å². The van der Waals surface area contributed by atoms with Crippen LogP contribution < -0.4 is 0 Å². The van der Waals surface area contributed by atoms with Crippen LogP contribution >= 0.6 is 0 Å². The third kappa shape index (κ3) is 13.4. The van der Waals surface area contributed by atoms with E-state index in [1.807, 2.05) is 13.8 Å². The number of fused-ring (bicyclic) bond motifs is 4. The number of amides is 1. The molecule has 5 rings (SSSR count). The minimum atomic E-state index is -2.51. The maximum absolute atomic E-state index is 15.2. The number of ketones is 1. The fourth-order valence-corrected chi connectivity index (χ4v) is 14.3. The lowest BCUT2D eigenvalue weighted by molar-refractivity contribution is -0.340. The first kappa shape index (κ1) is 60.1. The molecule has 1 aliphatic carbocycles. The summed E-state index contributed by atoms with van der Waals surface area (Å²) >= 11 is 0. The summed E-state index contributed by atoms with van der Waals surface area (Å²) in [5.41, 5.74) is 0.247. The number of aliphatic hydroxyl groups is 1. The molecule has 15 heteroatoms. The molecule has 1 unspecified atom stereocenters. The molecule has 2 bridgehead atoms. The highest BCUT2D eigenvalue weighted by Crippen LogP contribution is 2.52. The SMILES string of the molecule is CC[C@@H]1/C=C(\C)C[C@H](C)CC(OC)[C@H]2O[C@](O)([C@H](C)C[C@@H]2OC)[C@]2(CO2)C(=O)N2CCCC[C@H]2C(=O)O[C@H](/C(C)=C/[C@@H]2CC[C@@H](O[Si](C)(C)C(C)(C)C)[C@H](OC)C2)[C@@H](C)[C@@H](O[Si](C)(C)C(C)(C)C)CC1=O. The monoisotopic (exact) mass is 1030 g/mol. The zero-order valence-electron chi connectivity index (χ0n) is 47.7. The minimum Gasteiger partial charge on any atom is -0.456 e. The number of esters is 1. The third-order valence-corrected chi connectivity index (χ3v) is 27.2. The first-order valence-electron chi connectivity index (χ1n) is 27.3. The van der Waals surface area contributed by atoms with Crippen LogP contribution in [0.4, 0.5) is 0 Å². The molecule has 3 saturated heterocycles. The molecule has 1 amide bonds. The molecule has 4 heterocycles. The van der Waals surface area contributed by atoms with E-state index < -0.39 is 88.3 Å². The Bertz CT molecular complexity index is 1890. The highest BCUT2D eigenvalue weighted by Gasteiger charge is 2.73. The summed E-state index contributed by atoms with van der Waals surface area (Å²) < 4.78 is 52.4. The molecule has 4 fully saturated rings. The molecule has 4 aliphatic heterocycles. The normalized spacial score (nSPS) is 39.0. The van der Waals surface area contributed by atoms with Gasteiger partial charge < -0.3 is 47.3 Å². The Labute approximate surface area is 431 Å². The topological polar surface area (TPSA) is 152 Å². The molecule has 5 aliphatic rings. The van der Waals surface area contributed by atoms with Crippen LogP contribution in [0.15, 0.2) is 23.3 Å². The standard InChI is InChI=1S/C56H99NO12Si2/c1-20-41-28-35(2)27-36(3)29-47(63-14)50-48(64-15)31-38(5)56(61,67-50)55(34-65-55)52(60)57-26-22-21-23-42(57)51(59)66-49(39(6)45(33-43(41)58)69-71(18,19)54(10,11)12)37(4)30-40-24-25-44(46(32-40)62-13)68-70(16,17)53(7,8)9/h28,30,36,38-42,44-50,61H,20-27,29,31-34H2,1-19H3/b35-28+,37-30+/t36-,38+,39-,40-,41+,42-,44+,45-,46+,47?,48-,49+,50+,55-,56+/m0/s1. The average Bonchev–Trinajstić information content (AvgIpc) is 4.11. The number of nitrogens with zero attached hydrogens (tertiary/aromatic N) is 1. The van der Waals surface area contributed by atoms with E-state index >= 15 is 9.59 Å². The number of carbonyl (C=O) groups is 3. The zero-order chi connectivity index (χ0) is 53.2. The molecule has 71 heavy (non-hydrogen) atoms. The van der Waals surface area contributed by atoms with Crippen LogP contribution in [0.3, 0.4) is 0 Å². The van der Waals surface area contributed by atoms with Crippen molar-refractivity contribution in [3.05, 3.63) is 23.3 Å². The number of hydrogen-bond donors (Lipinski definition) is 1. The van der Waals surface area contributed by atoms with Crippen molar-refractivity contribution in [1.29, 1.82) is 0 Å². The van der Waals surface area contributed by atoms with Gasteiger partial charge >= 0.3 is 5.97 Å². The van der Waals surface area contributed by atoms with Crippen molar-refractivity contribution in [3.63, 3.8) is 0 Å². The van der Waals surface area contributed by atoms with Gasteiger partial charge in [0.25, 0.3) is 5.91 Å². The van der Waals surface area contributed by atoms with Crippen LogP contribution in [-0.4, -0.2) is 139 Å². The molecular formula is C56H99NO12Si2. The van der Waals surface area contributed by atoms with Gasteiger partial charge in [0.1, 0.15) is 24.0 Å². The lowest BCUT2D eigenvalue weighted by Crippen LogP contribution is -2.68. The molecule has 408 valence electrons. The van der Waals surface area contributed by atoms with Gasteiger partial charge in [0.05, 0.1) is 37.1 Å². The summed E-state index contributed by atoms with van der Waals surface area (Å²) in [7, 11) is 0.456. The second kappa shape index (κ2) is 23.6. The predicted octanol–water partition coefficient (Wildman–Crippen LogP) is 10.7. The summed E-state index contributed by atoms with van der Waals surface area (Å²) in [5, 5.41) is 12.7. The number of rotatable bonds is 10. The molecule has 15 atom stereocenters. The van der Waals surface area contributed by atoms with Gasteiger partial charge in [-0.1, -0.05) is 87.0 Å². The number of cyclic esters (lactones) is 1. The van der Waals surface area contributed by atoms with E-state index in [2.05, 4.69) is 108 Å². The van der Waals surface area contributed by atoms with Crippen LogP contribution in [-0.2, 0) is 51.7 Å². The Balaban J connectivity index is 1.62. The summed E-state index contributed by atoms with van der Waals surface area (Å²) in [6, 6.07) is -0.939. The van der Waals surface area contributed by atoms with E-state index in [0.717, 1.165) is 30.4 Å². The molecule has 0 aromatic rings. The fourth-order valence-electron chi connectivity index (χ4n) is 11.5. The van der Waals surface area contributed by atoms with Gasteiger partial charge in [-0.2, -0.15) is 0 Å². The summed E-state index contributed by atoms with van der Waals surface area (Å²) in [5.74, 6) is -4.05. The van der Waals surface area contributed by atoms with Crippen molar-refractivity contribution in [3.8, 4) is 0 Å². The van der Waals surface area contributed by atoms with Crippen molar-refractivity contribution in [2.75, 3.05) is 34.5 Å². The van der Waals surface area contributed by atoms with Gasteiger partial charge in [0.15, 0.2) is 16.6 Å². The lowest BCUT2D eigenvalue weighted by Gasteiger charge is -2.50. The predicted molar refractivity (Wildman–Crippen MR) is 284 cm³/mol. The number of piperidine rings is 1. The Morgan fingerprint density at radius 3 is 1.94 bits per heavy atom.